The number of nitrogens with one attached hydrogen (secondary N) is 1. The lowest BCUT2D eigenvalue weighted by molar-refractivity contribution is -0.00769. The Morgan fingerprint density at radius 1 is 1.48 bits per heavy atom. The van der Waals surface area contributed by atoms with E-state index in [0.29, 0.717) is 24.7 Å². The zero-order valence-electron chi connectivity index (χ0n) is 12.9. The number of morpholine rings is 1. The third kappa shape index (κ3) is 3.84. The topological polar surface area (TPSA) is 58.6 Å². The molecule has 1 aromatic heterocycles. The molecule has 1 fully saturated rings. The molecule has 0 amide bonds. The lowest BCUT2D eigenvalue weighted by Crippen LogP contribution is -2.55. The minimum Gasteiger partial charge on any atom is -0.378 e. The van der Waals surface area contributed by atoms with E-state index in [1.165, 1.54) is 11.3 Å². The van der Waals surface area contributed by atoms with Gasteiger partial charge in [-0.2, -0.15) is 4.31 Å². The lowest BCUT2D eigenvalue weighted by Gasteiger charge is -2.40. The Labute approximate surface area is 131 Å². The highest BCUT2D eigenvalue weighted by Gasteiger charge is 2.40. The van der Waals surface area contributed by atoms with Gasteiger partial charge >= 0.3 is 0 Å². The maximum absolute atomic E-state index is 12.8. The molecule has 1 N–H and O–H groups in total. The van der Waals surface area contributed by atoms with Crippen LogP contribution in [-0.4, -0.2) is 44.6 Å². The Bertz CT molecular complexity index is 567. The van der Waals surface area contributed by atoms with Crippen molar-refractivity contribution in [1.82, 2.24) is 9.62 Å². The molecule has 21 heavy (non-hydrogen) atoms. The van der Waals surface area contributed by atoms with Crippen LogP contribution in [-0.2, 0) is 21.3 Å². The molecule has 2 heterocycles. The van der Waals surface area contributed by atoms with Crippen molar-refractivity contribution in [3.63, 3.8) is 0 Å². The molecule has 120 valence electrons. The molecule has 5 nitrogen and oxygen atoms in total. The summed E-state index contributed by atoms with van der Waals surface area (Å²) < 4.78 is 32.6. The molecule has 1 aliphatic rings. The third-order valence-corrected chi connectivity index (χ3v) is 6.69. The molecule has 0 aromatic carbocycles. The Hall–Kier alpha value is -0.470. The maximum atomic E-state index is 12.8. The van der Waals surface area contributed by atoms with Crippen LogP contribution in [0.15, 0.2) is 16.3 Å². The first kappa shape index (κ1) is 16.9. The minimum absolute atomic E-state index is 0.399. The molecule has 1 aromatic rings. The summed E-state index contributed by atoms with van der Waals surface area (Å²) in [5.74, 6) is 0. The Morgan fingerprint density at radius 3 is 2.90 bits per heavy atom. The summed E-state index contributed by atoms with van der Waals surface area (Å²) >= 11 is 1.49. The number of thiophene rings is 1. The summed E-state index contributed by atoms with van der Waals surface area (Å²) in [4.78, 5) is 1.45. The molecule has 0 saturated carbocycles. The van der Waals surface area contributed by atoms with E-state index in [1.807, 2.05) is 13.8 Å². The summed E-state index contributed by atoms with van der Waals surface area (Å²) in [6.45, 7) is 8.88. The highest BCUT2D eigenvalue weighted by atomic mass is 32.2. The monoisotopic (exact) mass is 332 g/mol. The number of rotatable bonds is 6. The van der Waals surface area contributed by atoms with Crippen LogP contribution in [0.5, 0.6) is 0 Å². The largest absolute Gasteiger partial charge is 0.378 e. The van der Waals surface area contributed by atoms with Gasteiger partial charge in [-0.25, -0.2) is 8.42 Å². The zero-order valence-corrected chi connectivity index (χ0v) is 14.5. The van der Waals surface area contributed by atoms with Crippen molar-refractivity contribution >= 4 is 21.4 Å². The van der Waals surface area contributed by atoms with E-state index in [2.05, 4.69) is 12.2 Å². The van der Waals surface area contributed by atoms with Gasteiger partial charge in [-0.1, -0.05) is 6.92 Å². The molecule has 1 aliphatic heterocycles. The third-order valence-electron chi connectivity index (χ3n) is 3.51. The van der Waals surface area contributed by atoms with Crippen molar-refractivity contribution in [2.24, 2.45) is 0 Å². The average Bonchev–Trinajstić information content (AvgIpc) is 2.88. The van der Waals surface area contributed by atoms with E-state index in [-0.39, 0.29) is 0 Å². The van der Waals surface area contributed by atoms with E-state index >= 15 is 0 Å². The van der Waals surface area contributed by atoms with Crippen LogP contribution in [0.2, 0.25) is 0 Å². The van der Waals surface area contributed by atoms with Gasteiger partial charge in [0.1, 0.15) is 0 Å². The van der Waals surface area contributed by atoms with Crippen LogP contribution >= 0.6 is 11.3 Å². The minimum atomic E-state index is -3.44. The molecule has 0 radical (unpaired) electrons. The van der Waals surface area contributed by atoms with E-state index in [0.717, 1.165) is 24.4 Å². The lowest BCUT2D eigenvalue weighted by atomic mass is 10.1. The van der Waals surface area contributed by atoms with Crippen LogP contribution < -0.4 is 5.32 Å². The first-order valence-electron chi connectivity index (χ1n) is 7.26. The molecule has 7 heteroatoms. The highest BCUT2D eigenvalue weighted by molar-refractivity contribution is 7.89. The van der Waals surface area contributed by atoms with Gasteiger partial charge in [0.2, 0.25) is 10.0 Å². The predicted octanol–water partition coefficient (Wildman–Crippen LogP) is 2.05. The van der Waals surface area contributed by atoms with Gasteiger partial charge in [0.05, 0.1) is 23.6 Å². The summed E-state index contributed by atoms with van der Waals surface area (Å²) in [5.41, 5.74) is -0.500. The Balaban J connectivity index is 2.15. The van der Waals surface area contributed by atoms with Gasteiger partial charge in [0, 0.05) is 23.3 Å². The molecule has 0 atom stereocenters. The summed E-state index contributed by atoms with van der Waals surface area (Å²) in [5, 5.41) is 5.03. The fourth-order valence-corrected chi connectivity index (χ4v) is 5.38. The van der Waals surface area contributed by atoms with Crippen molar-refractivity contribution < 1.29 is 13.2 Å². The van der Waals surface area contributed by atoms with Crippen molar-refractivity contribution in [1.29, 1.82) is 0 Å². The summed E-state index contributed by atoms with van der Waals surface area (Å²) in [6, 6.07) is 1.79. The number of hydrogen-bond donors (Lipinski definition) is 1. The second-order valence-electron chi connectivity index (χ2n) is 5.87. The van der Waals surface area contributed by atoms with Gasteiger partial charge in [-0.15, -0.1) is 11.3 Å². The zero-order chi connectivity index (χ0) is 15.5. The van der Waals surface area contributed by atoms with Crippen molar-refractivity contribution in [3.8, 4) is 0 Å². The first-order chi connectivity index (χ1) is 9.88. The Kier molecular flexibility index (Phi) is 5.43. The molecule has 0 unspecified atom stereocenters. The molecule has 0 aliphatic carbocycles. The number of nitrogens with zero attached hydrogens (tertiary/aromatic N) is 1. The van der Waals surface area contributed by atoms with Gasteiger partial charge in [0.15, 0.2) is 0 Å². The fraction of sp³-hybridized carbons (Fsp3) is 0.714. The molecular formula is C14H24N2O3S2. The van der Waals surface area contributed by atoms with Crippen molar-refractivity contribution in [2.75, 3.05) is 26.3 Å². The second kappa shape index (κ2) is 6.75. The van der Waals surface area contributed by atoms with E-state index in [1.54, 1.807) is 15.8 Å². The molecule has 2 rings (SSSR count). The van der Waals surface area contributed by atoms with Gasteiger partial charge in [-0.3, -0.25) is 0 Å². The van der Waals surface area contributed by atoms with Crippen LogP contribution in [0.1, 0.15) is 32.1 Å². The van der Waals surface area contributed by atoms with Gasteiger partial charge < -0.3 is 10.1 Å². The summed E-state index contributed by atoms with van der Waals surface area (Å²) in [7, 11) is -3.44. The summed E-state index contributed by atoms with van der Waals surface area (Å²) in [6.07, 6.45) is 1.07. The highest BCUT2D eigenvalue weighted by Crippen LogP contribution is 2.29. The first-order valence-corrected chi connectivity index (χ1v) is 9.58. The number of hydrogen-bond acceptors (Lipinski definition) is 5. The standard InChI is InChI=1S/C14H24N2O3S2/c1-4-5-15-9-12-8-13(10-20-12)21(17,18)16-6-7-19-11-14(16,2)3/h8,10,15H,4-7,9,11H2,1-3H3. The molecule has 0 bridgehead atoms. The normalized spacial score (nSPS) is 19.8. The van der Waals surface area contributed by atoms with E-state index in [9.17, 15) is 8.42 Å². The van der Waals surface area contributed by atoms with Crippen molar-refractivity contribution in [2.45, 2.75) is 44.2 Å². The molecular weight excluding hydrogens is 308 g/mol. The van der Waals surface area contributed by atoms with Crippen LogP contribution in [0.3, 0.4) is 0 Å². The van der Waals surface area contributed by atoms with Crippen molar-refractivity contribution in [3.05, 3.63) is 16.3 Å². The Morgan fingerprint density at radius 2 is 2.24 bits per heavy atom. The van der Waals surface area contributed by atoms with E-state index in [4.69, 9.17) is 4.74 Å². The number of sulfonamides is 1. The average molecular weight is 332 g/mol. The van der Waals surface area contributed by atoms with Crippen LogP contribution in [0.4, 0.5) is 0 Å². The predicted molar refractivity (Wildman–Crippen MR) is 85.1 cm³/mol. The SMILES string of the molecule is CCCNCc1cc(S(=O)(=O)N2CCOCC2(C)C)cs1. The fourth-order valence-electron chi connectivity index (χ4n) is 2.39. The molecule has 1 saturated heterocycles. The van der Waals surface area contributed by atoms with Crippen LogP contribution in [0.25, 0.3) is 0 Å². The number of ether oxygens (including phenoxy) is 1. The van der Waals surface area contributed by atoms with Gasteiger partial charge in [-0.05, 0) is 32.9 Å². The van der Waals surface area contributed by atoms with Crippen LogP contribution in [0, 0.1) is 0 Å². The second-order valence-corrected chi connectivity index (χ2v) is 8.73. The maximum Gasteiger partial charge on any atom is 0.244 e. The van der Waals surface area contributed by atoms with Gasteiger partial charge in [0.25, 0.3) is 0 Å². The quantitative estimate of drug-likeness (QED) is 0.810. The van der Waals surface area contributed by atoms with E-state index < -0.39 is 15.6 Å². The smallest absolute Gasteiger partial charge is 0.244 e. The molecule has 0 spiro atoms.